The number of rotatable bonds is 1. The van der Waals surface area contributed by atoms with Crippen molar-refractivity contribution in [2.45, 2.75) is 6.92 Å². The molecular formula is C9H9IN4O2. The van der Waals surface area contributed by atoms with E-state index >= 15 is 0 Å². The first-order chi connectivity index (χ1) is 7.50. The molecule has 0 fully saturated rings. The predicted octanol–water partition coefficient (Wildman–Crippen LogP) is 0.789. The molecule has 2 heterocycles. The fraction of sp³-hybridized carbons (Fsp3) is 0.222. The summed E-state index contributed by atoms with van der Waals surface area (Å²) in [7, 11) is 1.80. The van der Waals surface area contributed by atoms with Crippen molar-refractivity contribution < 1.29 is 5.11 Å². The average Bonchev–Trinajstić information content (AvgIpc) is 2.56. The Morgan fingerprint density at radius 1 is 1.56 bits per heavy atom. The van der Waals surface area contributed by atoms with Crippen molar-refractivity contribution in [1.82, 2.24) is 19.7 Å². The highest BCUT2D eigenvalue weighted by molar-refractivity contribution is 14.1. The number of nitrogens with one attached hydrogen (secondary N) is 1. The lowest BCUT2D eigenvalue weighted by Gasteiger charge is -2.01. The van der Waals surface area contributed by atoms with Crippen molar-refractivity contribution in [2.75, 3.05) is 0 Å². The van der Waals surface area contributed by atoms with Crippen molar-refractivity contribution in [3.05, 3.63) is 25.8 Å². The van der Waals surface area contributed by atoms with Gasteiger partial charge in [0.2, 0.25) is 5.88 Å². The Morgan fingerprint density at radius 2 is 2.25 bits per heavy atom. The van der Waals surface area contributed by atoms with Gasteiger partial charge in [-0.05, 0) is 29.5 Å². The van der Waals surface area contributed by atoms with Crippen LogP contribution >= 0.6 is 22.6 Å². The summed E-state index contributed by atoms with van der Waals surface area (Å²) in [5, 5.41) is 13.5. The molecular weight excluding hydrogens is 323 g/mol. The molecule has 7 heteroatoms. The van der Waals surface area contributed by atoms with Crippen LogP contribution in [-0.4, -0.2) is 24.9 Å². The smallest absolute Gasteiger partial charge is 0.268 e. The summed E-state index contributed by atoms with van der Waals surface area (Å²) in [6, 6.07) is 0. The van der Waals surface area contributed by atoms with Gasteiger partial charge in [-0.2, -0.15) is 10.1 Å². The van der Waals surface area contributed by atoms with Gasteiger partial charge in [0, 0.05) is 12.7 Å². The SMILES string of the molecule is Cc1c(-c2nc(O)c(I)c(=O)[nH]2)cnn1C. The summed E-state index contributed by atoms with van der Waals surface area (Å²) in [6.07, 6.45) is 1.60. The summed E-state index contributed by atoms with van der Waals surface area (Å²) in [4.78, 5) is 18.0. The number of aryl methyl sites for hydroxylation is 1. The molecule has 2 rings (SSSR count). The number of hydrogen-bond donors (Lipinski definition) is 2. The van der Waals surface area contributed by atoms with E-state index < -0.39 is 0 Å². The number of aromatic amines is 1. The monoisotopic (exact) mass is 332 g/mol. The maximum absolute atomic E-state index is 11.5. The van der Waals surface area contributed by atoms with Gasteiger partial charge in [-0.15, -0.1) is 0 Å². The summed E-state index contributed by atoms with van der Waals surface area (Å²) < 4.78 is 1.85. The molecule has 0 aliphatic rings. The van der Waals surface area contributed by atoms with Crippen LogP contribution in [0, 0.1) is 10.5 Å². The summed E-state index contributed by atoms with van der Waals surface area (Å²) in [5.74, 6) is 0.0659. The van der Waals surface area contributed by atoms with E-state index in [2.05, 4.69) is 15.1 Å². The second-order valence-corrected chi connectivity index (χ2v) is 4.40. The van der Waals surface area contributed by atoms with E-state index in [1.165, 1.54) is 0 Å². The number of H-pyrrole nitrogens is 1. The van der Waals surface area contributed by atoms with Crippen molar-refractivity contribution in [1.29, 1.82) is 0 Å². The molecule has 2 aromatic rings. The second-order valence-electron chi connectivity index (χ2n) is 3.32. The zero-order valence-corrected chi connectivity index (χ0v) is 10.8. The van der Waals surface area contributed by atoms with Crippen molar-refractivity contribution in [2.24, 2.45) is 7.05 Å². The summed E-state index contributed by atoms with van der Waals surface area (Å²) >= 11 is 1.74. The Labute approximate surface area is 104 Å². The minimum Gasteiger partial charge on any atom is -0.492 e. The van der Waals surface area contributed by atoms with Crippen molar-refractivity contribution in [3.63, 3.8) is 0 Å². The zero-order valence-electron chi connectivity index (χ0n) is 8.65. The number of aromatic hydroxyl groups is 1. The molecule has 0 bridgehead atoms. The standard InChI is InChI=1S/C9H9IN4O2/c1-4-5(3-11-14(4)2)7-12-8(15)6(10)9(16)13-7/h3H,1-2H3,(H2,12,13,15,16). The van der Waals surface area contributed by atoms with Gasteiger partial charge in [0.15, 0.2) is 0 Å². The van der Waals surface area contributed by atoms with Crippen molar-refractivity contribution in [3.8, 4) is 17.3 Å². The van der Waals surface area contributed by atoms with E-state index in [1.54, 1.807) is 40.5 Å². The molecule has 16 heavy (non-hydrogen) atoms. The third-order valence-electron chi connectivity index (χ3n) is 2.34. The van der Waals surface area contributed by atoms with Crippen LogP contribution in [0.25, 0.3) is 11.4 Å². The number of halogens is 1. The maximum atomic E-state index is 11.5. The van der Waals surface area contributed by atoms with Crippen LogP contribution in [0.15, 0.2) is 11.0 Å². The van der Waals surface area contributed by atoms with Crippen LogP contribution < -0.4 is 5.56 Å². The molecule has 0 aromatic carbocycles. The molecule has 0 aliphatic heterocycles. The van der Waals surface area contributed by atoms with Gasteiger partial charge in [-0.1, -0.05) is 0 Å². The first-order valence-electron chi connectivity index (χ1n) is 4.48. The van der Waals surface area contributed by atoms with Crippen molar-refractivity contribution >= 4 is 22.6 Å². The Hall–Kier alpha value is -1.38. The molecule has 0 spiro atoms. The van der Waals surface area contributed by atoms with E-state index in [-0.39, 0.29) is 15.0 Å². The van der Waals surface area contributed by atoms with Gasteiger partial charge >= 0.3 is 0 Å². The largest absolute Gasteiger partial charge is 0.492 e. The zero-order chi connectivity index (χ0) is 11.9. The first kappa shape index (κ1) is 11.1. The first-order valence-corrected chi connectivity index (χ1v) is 5.56. The third-order valence-corrected chi connectivity index (χ3v) is 3.31. The number of nitrogens with zero attached hydrogens (tertiary/aromatic N) is 3. The topological polar surface area (TPSA) is 83.8 Å². The van der Waals surface area contributed by atoms with Gasteiger partial charge in [0.1, 0.15) is 9.39 Å². The highest BCUT2D eigenvalue weighted by Gasteiger charge is 2.12. The average molecular weight is 332 g/mol. The Morgan fingerprint density at radius 3 is 2.75 bits per heavy atom. The highest BCUT2D eigenvalue weighted by Crippen LogP contribution is 2.20. The fourth-order valence-electron chi connectivity index (χ4n) is 1.31. The third kappa shape index (κ3) is 1.70. The molecule has 0 radical (unpaired) electrons. The lowest BCUT2D eigenvalue weighted by atomic mass is 10.2. The molecule has 2 N–H and O–H groups in total. The Kier molecular flexibility index (Phi) is 2.70. The Balaban J connectivity index is 2.66. The lowest BCUT2D eigenvalue weighted by molar-refractivity contribution is 0.447. The molecule has 0 amide bonds. The Bertz CT molecular complexity index is 602. The normalized spacial score (nSPS) is 10.7. The number of hydrogen-bond acceptors (Lipinski definition) is 4. The second kappa shape index (κ2) is 3.89. The predicted molar refractivity (Wildman–Crippen MR) is 66.2 cm³/mol. The van der Waals surface area contributed by atoms with Crippen LogP contribution in [0.4, 0.5) is 0 Å². The molecule has 84 valence electrons. The lowest BCUT2D eigenvalue weighted by Crippen LogP contribution is -2.12. The minimum absolute atomic E-state index is 0.183. The molecule has 0 atom stereocenters. The van der Waals surface area contributed by atoms with Crippen LogP contribution in [0.5, 0.6) is 5.88 Å². The van der Waals surface area contributed by atoms with E-state index in [4.69, 9.17) is 0 Å². The van der Waals surface area contributed by atoms with Gasteiger partial charge in [-0.25, -0.2) is 0 Å². The maximum Gasteiger partial charge on any atom is 0.268 e. The van der Waals surface area contributed by atoms with Gasteiger partial charge < -0.3 is 10.1 Å². The molecule has 0 saturated carbocycles. The summed E-state index contributed by atoms with van der Waals surface area (Å²) in [5.41, 5.74) is 1.21. The van der Waals surface area contributed by atoms with E-state index in [0.29, 0.717) is 11.4 Å². The number of aromatic nitrogens is 4. The molecule has 0 unspecified atom stereocenters. The van der Waals surface area contributed by atoms with E-state index in [1.807, 2.05) is 6.92 Å². The highest BCUT2D eigenvalue weighted by atomic mass is 127. The molecule has 0 aliphatic carbocycles. The van der Waals surface area contributed by atoms with E-state index in [9.17, 15) is 9.90 Å². The van der Waals surface area contributed by atoms with Crippen LogP contribution in [-0.2, 0) is 7.05 Å². The minimum atomic E-state index is -0.355. The van der Waals surface area contributed by atoms with Gasteiger partial charge in [0.05, 0.1) is 11.8 Å². The fourth-order valence-corrected chi connectivity index (χ4v) is 1.56. The van der Waals surface area contributed by atoms with Crippen LogP contribution in [0.3, 0.4) is 0 Å². The van der Waals surface area contributed by atoms with Crippen LogP contribution in [0.1, 0.15) is 5.69 Å². The summed E-state index contributed by atoms with van der Waals surface area (Å²) in [6.45, 7) is 1.86. The molecule has 0 saturated heterocycles. The quantitative estimate of drug-likeness (QED) is 0.757. The van der Waals surface area contributed by atoms with Crippen LogP contribution in [0.2, 0.25) is 0 Å². The van der Waals surface area contributed by atoms with Gasteiger partial charge in [-0.3, -0.25) is 9.48 Å². The molecule has 6 nitrogen and oxygen atoms in total. The molecule has 2 aromatic heterocycles. The van der Waals surface area contributed by atoms with E-state index in [0.717, 1.165) is 5.69 Å². The van der Waals surface area contributed by atoms with Gasteiger partial charge in [0.25, 0.3) is 5.56 Å².